The van der Waals surface area contributed by atoms with E-state index < -0.39 is 0 Å². The Morgan fingerprint density at radius 1 is 1.55 bits per heavy atom. The van der Waals surface area contributed by atoms with Crippen LogP contribution in [-0.4, -0.2) is 30.7 Å². The van der Waals surface area contributed by atoms with Crippen molar-refractivity contribution in [3.05, 3.63) is 0 Å². The van der Waals surface area contributed by atoms with E-state index in [1.54, 1.807) is 11.9 Å². The summed E-state index contributed by atoms with van der Waals surface area (Å²) < 4.78 is 4.75. The van der Waals surface area contributed by atoms with Gasteiger partial charge in [0.15, 0.2) is 0 Å². The fraction of sp³-hybridized carbons (Fsp3) is 0.875. The number of amides is 1. The summed E-state index contributed by atoms with van der Waals surface area (Å²) in [4.78, 5) is 12.3. The van der Waals surface area contributed by atoms with Crippen molar-refractivity contribution in [3.63, 3.8) is 0 Å². The first-order valence-corrected chi connectivity index (χ1v) is 4.11. The van der Waals surface area contributed by atoms with Crippen molar-refractivity contribution in [2.75, 3.05) is 13.7 Å². The van der Waals surface area contributed by atoms with Gasteiger partial charge in [-0.3, -0.25) is 0 Å². The first-order chi connectivity index (χ1) is 5.22. The number of carbonyl (C=O) groups excluding carboxylic acids is 1. The molecule has 3 nitrogen and oxygen atoms in total. The molecule has 0 aromatic heterocycles. The highest BCUT2D eigenvalue weighted by atomic mass is 16.6. The second kappa shape index (κ2) is 4.99. The molecule has 0 saturated carbocycles. The Bertz CT molecular complexity index is 125. The molecule has 1 amide bonds. The Morgan fingerprint density at radius 2 is 2.09 bits per heavy atom. The lowest BCUT2D eigenvalue weighted by atomic mass is 10.2. The summed E-state index contributed by atoms with van der Waals surface area (Å²) in [6.07, 6.45) is 0.746. The summed E-state index contributed by atoms with van der Waals surface area (Å²) in [5.41, 5.74) is 0. The lowest BCUT2D eigenvalue weighted by molar-refractivity contribution is 0.0610. The molecule has 0 aromatic rings. The molecule has 0 radical (unpaired) electrons. The second-order valence-corrected chi connectivity index (χ2v) is 2.36. The number of hydrogen-bond acceptors (Lipinski definition) is 2. The second-order valence-electron chi connectivity index (χ2n) is 2.36. The summed E-state index contributed by atoms with van der Waals surface area (Å²) in [7, 11) is 1.76. The molecule has 1 aliphatic heterocycles. The van der Waals surface area contributed by atoms with Crippen LogP contribution >= 0.6 is 0 Å². The van der Waals surface area contributed by atoms with Gasteiger partial charge in [0, 0.05) is 19.5 Å². The van der Waals surface area contributed by atoms with Gasteiger partial charge in [-0.15, -0.1) is 0 Å². The molecule has 3 heteroatoms. The Morgan fingerprint density at radius 3 is 2.45 bits per heavy atom. The van der Waals surface area contributed by atoms with E-state index in [-0.39, 0.29) is 6.09 Å². The average molecular weight is 159 g/mol. The number of rotatable bonds is 0. The molecule has 11 heavy (non-hydrogen) atoms. The fourth-order valence-electron chi connectivity index (χ4n) is 0.792. The molecule has 0 spiro atoms. The molecule has 0 N–H and O–H groups in total. The van der Waals surface area contributed by atoms with Crippen LogP contribution in [0.2, 0.25) is 0 Å². The quantitative estimate of drug-likeness (QED) is 0.540. The normalized spacial score (nSPS) is 23.5. The molecule has 1 heterocycles. The maximum atomic E-state index is 10.7. The molecule has 1 unspecified atom stereocenters. The van der Waals surface area contributed by atoms with Crippen LogP contribution in [0.25, 0.3) is 0 Å². The largest absolute Gasteiger partial charge is 0.449 e. The number of cyclic esters (lactones) is 1. The molecule has 66 valence electrons. The lowest BCUT2D eigenvalue weighted by Crippen LogP contribution is -2.40. The number of hydrogen-bond donors (Lipinski definition) is 0. The van der Waals surface area contributed by atoms with Gasteiger partial charge < -0.3 is 9.64 Å². The fourth-order valence-corrected chi connectivity index (χ4v) is 0.792. The van der Waals surface area contributed by atoms with E-state index in [4.69, 9.17) is 4.74 Å². The highest BCUT2D eigenvalue weighted by molar-refractivity contribution is 5.68. The molecular weight excluding hydrogens is 142 g/mol. The minimum Gasteiger partial charge on any atom is -0.449 e. The molecule has 0 aliphatic carbocycles. The minimum atomic E-state index is -0.200. The Labute approximate surface area is 68.3 Å². The first-order valence-electron chi connectivity index (χ1n) is 4.11. The van der Waals surface area contributed by atoms with Gasteiger partial charge >= 0.3 is 6.09 Å². The third-order valence-electron chi connectivity index (χ3n) is 1.71. The SMILES string of the molecule is CC.CC1CCOC(=O)N1C. The van der Waals surface area contributed by atoms with Gasteiger partial charge in [0.25, 0.3) is 0 Å². The van der Waals surface area contributed by atoms with E-state index in [1.165, 1.54) is 0 Å². The van der Waals surface area contributed by atoms with E-state index in [1.807, 2.05) is 20.8 Å². The van der Waals surface area contributed by atoms with Crippen molar-refractivity contribution >= 4 is 6.09 Å². The maximum Gasteiger partial charge on any atom is 0.409 e. The number of carbonyl (C=O) groups is 1. The molecule has 1 saturated heterocycles. The predicted octanol–water partition coefficient (Wildman–Crippen LogP) is 1.87. The highest BCUT2D eigenvalue weighted by Crippen LogP contribution is 2.08. The smallest absolute Gasteiger partial charge is 0.409 e. The minimum absolute atomic E-state index is 0.200. The summed E-state index contributed by atoms with van der Waals surface area (Å²) in [5.74, 6) is 0. The molecule has 0 bridgehead atoms. The average Bonchev–Trinajstić information content (AvgIpc) is 2.04. The van der Waals surface area contributed by atoms with Gasteiger partial charge in [-0.05, 0) is 6.92 Å². The third kappa shape index (κ3) is 2.78. The topological polar surface area (TPSA) is 29.5 Å². The molecule has 0 aromatic carbocycles. The van der Waals surface area contributed by atoms with Crippen LogP contribution in [-0.2, 0) is 4.74 Å². The summed E-state index contributed by atoms with van der Waals surface area (Å²) in [6.45, 7) is 6.59. The van der Waals surface area contributed by atoms with E-state index >= 15 is 0 Å². The van der Waals surface area contributed by atoms with Crippen molar-refractivity contribution in [2.24, 2.45) is 0 Å². The molecular formula is C8H17NO2. The van der Waals surface area contributed by atoms with Crippen LogP contribution in [0.4, 0.5) is 4.79 Å². The van der Waals surface area contributed by atoms with Crippen molar-refractivity contribution < 1.29 is 9.53 Å². The van der Waals surface area contributed by atoms with Crippen LogP contribution in [0.15, 0.2) is 0 Å². The number of nitrogens with zero attached hydrogens (tertiary/aromatic N) is 1. The number of ether oxygens (including phenoxy) is 1. The van der Waals surface area contributed by atoms with Crippen LogP contribution in [0.1, 0.15) is 27.2 Å². The van der Waals surface area contributed by atoms with Crippen molar-refractivity contribution in [1.82, 2.24) is 4.90 Å². The van der Waals surface area contributed by atoms with Gasteiger partial charge in [-0.25, -0.2) is 4.79 Å². The molecule has 1 rings (SSSR count). The van der Waals surface area contributed by atoms with Crippen LogP contribution in [0.3, 0.4) is 0 Å². The van der Waals surface area contributed by atoms with E-state index in [0.717, 1.165) is 6.42 Å². The van der Waals surface area contributed by atoms with Crippen LogP contribution < -0.4 is 0 Å². The predicted molar refractivity (Wildman–Crippen MR) is 44.5 cm³/mol. The van der Waals surface area contributed by atoms with Gasteiger partial charge in [0.05, 0.1) is 6.61 Å². The standard InChI is InChI=1S/C6H11NO2.C2H6/c1-5-3-4-9-6(8)7(5)2;1-2/h5H,3-4H2,1-2H3;1-2H3. The van der Waals surface area contributed by atoms with Crippen LogP contribution in [0.5, 0.6) is 0 Å². The first kappa shape index (κ1) is 10.3. The lowest BCUT2D eigenvalue weighted by Gasteiger charge is -2.28. The van der Waals surface area contributed by atoms with Gasteiger partial charge in [-0.2, -0.15) is 0 Å². The molecule has 1 aliphatic rings. The molecule has 1 fully saturated rings. The van der Waals surface area contributed by atoms with Gasteiger partial charge in [0.2, 0.25) is 0 Å². The van der Waals surface area contributed by atoms with E-state index in [0.29, 0.717) is 12.6 Å². The molecule has 1 atom stereocenters. The zero-order valence-electron chi connectivity index (χ0n) is 7.76. The zero-order chi connectivity index (χ0) is 8.85. The Kier molecular flexibility index (Phi) is 4.66. The van der Waals surface area contributed by atoms with E-state index in [9.17, 15) is 4.79 Å². The van der Waals surface area contributed by atoms with Crippen molar-refractivity contribution in [1.29, 1.82) is 0 Å². The Hall–Kier alpha value is -0.730. The van der Waals surface area contributed by atoms with Gasteiger partial charge in [-0.1, -0.05) is 13.8 Å². The van der Waals surface area contributed by atoms with Crippen molar-refractivity contribution in [3.8, 4) is 0 Å². The van der Waals surface area contributed by atoms with E-state index in [2.05, 4.69) is 0 Å². The highest BCUT2D eigenvalue weighted by Gasteiger charge is 2.21. The zero-order valence-corrected chi connectivity index (χ0v) is 7.76. The summed E-state index contributed by atoms with van der Waals surface area (Å²) in [5, 5.41) is 0. The maximum absolute atomic E-state index is 10.7. The monoisotopic (exact) mass is 159 g/mol. The Balaban J connectivity index is 0.000000461. The summed E-state index contributed by atoms with van der Waals surface area (Å²) >= 11 is 0. The van der Waals surface area contributed by atoms with Gasteiger partial charge in [0.1, 0.15) is 0 Å². The van der Waals surface area contributed by atoms with Crippen molar-refractivity contribution in [2.45, 2.75) is 33.2 Å². The summed E-state index contributed by atoms with van der Waals surface area (Å²) in [6, 6.07) is 0.339. The third-order valence-corrected chi connectivity index (χ3v) is 1.71. The van der Waals surface area contributed by atoms with Crippen LogP contribution in [0, 0.1) is 0 Å².